The fraction of sp³-hybridized carbons (Fsp3) is 0.143. The first-order chi connectivity index (χ1) is 13.2. The maximum atomic E-state index is 12.7. The lowest BCUT2D eigenvalue weighted by Crippen LogP contribution is -2.26. The number of hydrogen-bond acceptors (Lipinski definition) is 3. The first kappa shape index (κ1) is 15.7. The zero-order valence-electron chi connectivity index (χ0n) is 14.9. The fourth-order valence-electron chi connectivity index (χ4n) is 3.61. The highest BCUT2D eigenvalue weighted by molar-refractivity contribution is 5.91. The first-order valence-corrected chi connectivity index (χ1v) is 8.85. The molecule has 0 N–H and O–H groups in total. The van der Waals surface area contributed by atoms with Crippen LogP contribution in [0.25, 0.3) is 11.5 Å². The number of nitrogens with zero attached hydrogens (tertiary/aromatic N) is 4. The summed E-state index contributed by atoms with van der Waals surface area (Å²) in [6.45, 7) is 3.06. The van der Waals surface area contributed by atoms with E-state index < -0.39 is 0 Å². The molecule has 134 valence electrons. The van der Waals surface area contributed by atoms with Gasteiger partial charge in [0.2, 0.25) is 0 Å². The van der Waals surface area contributed by atoms with Crippen LogP contribution in [0.5, 0.6) is 0 Å². The SMILES string of the molecule is Cc1ccccc1-n1nc2c(c1-n1cccc1)CN(C(=O)c1ccco1)C2. The lowest BCUT2D eigenvalue weighted by molar-refractivity contribution is 0.0717. The molecule has 0 fully saturated rings. The third-order valence-electron chi connectivity index (χ3n) is 4.94. The van der Waals surface area contributed by atoms with Crippen LogP contribution in [0.3, 0.4) is 0 Å². The molecule has 6 nitrogen and oxygen atoms in total. The Balaban J connectivity index is 1.60. The number of carbonyl (C=O) groups excluding carboxylic acids is 1. The van der Waals surface area contributed by atoms with Crippen molar-refractivity contribution in [1.82, 2.24) is 19.2 Å². The molecule has 5 rings (SSSR count). The first-order valence-electron chi connectivity index (χ1n) is 8.85. The Bertz CT molecular complexity index is 1110. The molecule has 4 aromatic rings. The minimum atomic E-state index is -0.112. The lowest BCUT2D eigenvalue weighted by Gasteiger charge is -2.17. The van der Waals surface area contributed by atoms with E-state index >= 15 is 0 Å². The van der Waals surface area contributed by atoms with Crippen LogP contribution in [0.4, 0.5) is 0 Å². The number of amides is 1. The topological polar surface area (TPSA) is 56.2 Å². The van der Waals surface area contributed by atoms with Gasteiger partial charge in [-0.2, -0.15) is 5.10 Å². The average Bonchev–Trinajstić information content (AvgIpc) is 3.43. The Labute approximate surface area is 156 Å². The van der Waals surface area contributed by atoms with Gasteiger partial charge in [0.25, 0.3) is 5.91 Å². The molecule has 1 aliphatic rings. The van der Waals surface area contributed by atoms with E-state index in [2.05, 4.69) is 23.6 Å². The van der Waals surface area contributed by atoms with Crippen molar-refractivity contribution < 1.29 is 9.21 Å². The smallest absolute Gasteiger partial charge is 0.290 e. The molecule has 0 saturated carbocycles. The minimum Gasteiger partial charge on any atom is -0.459 e. The van der Waals surface area contributed by atoms with E-state index in [0.717, 1.165) is 28.3 Å². The van der Waals surface area contributed by atoms with E-state index in [1.165, 1.54) is 6.26 Å². The van der Waals surface area contributed by atoms with Crippen molar-refractivity contribution in [3.05, 3.63) is 89.8 Å². The molecule has 0 saturated heterocycles. The van der Waals surface area contributed by atoms with Gasteiger partial charge in [0.15, 0.2) is 5.76 Å². The third-order valence-corrected chi connectivity index (χ3v) is 4.94. The molecular formula is C21H18N4O2. The second kappa shape index (κ2) is 6.02. The van der Waals surface area contributed by atoms with Crippen LogP contribution in [0, 0.1) is 6.92 Å². The molecule has 1 aromatic carbocycles. The summed E-state index contributed by atoms with van der Waals surface area (Å²) in [6, 6.07) is 15.6. The molecule has 1 amide bonds. The number of para-hydroxylation sites is 1. The highest BCUT2D eigenvalue weighted by Crippen LogP contribution is 2.32. The number of aromatic nitrogens is 3. The lowest BCUT2D eigenvalue weighted by atomic mass is 10.2. The summed E-state index contributed by atoms with van der Waals surface area (Å²) < 4.78 is 9.31. The van der Waals surface area contributed by atoms with Gasteiger partial charge >= 0.3 is 0 Å². The van der Waals surface area contributed by atoms with E-state index in [4.69, 9.17) is 9.52 Å². The maximum Gasteiger partial charge on any atom is 0.290 e. The van der Waals surface area contributed by atoms with Crippen molar-refractivity contribution >= 4 is 5.91 Å². The number of fused-ring (bicyclic) bond motifs is 1. The standard InChI is InChI=1S/C21H18N4O2/c1-15-7-2-3-8-18(15)25-20(23-10-4-5-11-23)16-13-24(14-17(16)22-25)21(26)19-9-6-12-27-19/h2-12H,13-14H2,1H3. The Kier molecular flexibility index (Phi) is 3.50. The predicted molar refractivity (Wildman–Crippen MR) is 99.9 cm³/mol. The van der Waals surface area contributed by atoms with Crippen molar-refractivity contribution in [3.8, 4) is 11.5 Å². The molecule has 27 heavy (non-hydrogen) atoms. The molecule has 0 atom stereocenters. The van der Waals surface area contributed by atoms with Gasteiger partial charge in [0.05, 0.1) is 30.7 Å². The van der Waals surface area contributed by atoms with Crippen LogP contribution in [-0.2, 0) is 13.1 Å². The predicted octanol–water partition coefficient (Wildman–Crippen LogP) is 3.72. The van der Waals surface area contributed by atoms with Gasteiger partial charge in [-0.15, -0.1) is 0 Å². The molecular weight excluding hydrogens is 340 g/mol. The van der Waals surface area contributed by atoms with Gasteiger partial charge in [-0.1, -0.05) is 18.2 Å². The summed E-state index contributed by atoms with van der Waals surface area (Å²) in [5, 5.41) is 4.86. The third kappa shape index (κ3) is 2.49. The zero-order valence-corrected chi connectivity index (χ0v) is 14.9. The van der Waals surface area contributed by atoms with Crippen molar-refractivity contribution in [2.24, 2.45) is 0 Å². The Morgan fingerprint density at radius 1 is 1.04 bits per heavy atom. The number of furan rings is 1. The number of benzene rings is 1. The largest absolute Gasteiger partial charge is 0.459 e. The van der Waals surface area contributed by atoms with Gasteiger partial charge in [-0.05, 0) is 42.8 Å². The molecule has 0 unspecified atom stereocenters. The normalized spacial score (nSPS) is 13.1. The Morgan fingerprint density at radius 2 is 1.85 bits per heavy atom. The van der Waals surface area contributed by atoms with Crippen LogP contribution in [0.15, 0.2) is 71.6 Å². The second-order valence-electron chi connectivity index (χ2n) is 6.68. The molecule has 3 aromatic heterocycles. The van der Waals surface area contributed by atoms with E-state index in [9.17, 15) is 4.79 Å². The van der Waals surface area contributed by atoms with Gasteiger partial charge in [0.1, 0.15) is 5.82 Å². The summed E-state index contributed by atoms with van der Waals surface area (Å²) in [4.78, 5) is 14.4. The van der Waals surface area contributed by atoms with Crippen LogP contribution in [0.2, 0.25) is 0 Å². The Morgan fingerprint density at radius 3 is 2.59 bits per heavy atom. The van der Waals surface area contributed by atoms with Crippen LogP contribution < -0.4 is 0 Å². The van der Waals surface area contributed by atoms with Crippen LogP contribution in [0.1, 0.15) is 27.4 Å². The summed E-state index contributed by atoms with van der Waals surface area (Å²) in [7, 11) is 0. The van der Waals surface area contributed by atoms with Gasteiger partial charge in [-0.3, -0.25) is 4.79 Å². The van der Waals surface area contributed by atoms with Gasteiger partial charge < -0.3 is 13.9 Å². The molecule has 0 radical (unpaired) electrons. The maximum absolute atomic E-state index is 12.7. The van der Waals surface area contributed by atoms with Crippen molar-refractivity contribution in [2.75, 3.05) is 0 Å². The summed E-state index contributed by atoms with van der Waals surface area (Å²) in [5.74, 6) is 1.22. The Hall–Kier alpha value is -3.54. The minimum absolute atomic E-state index is 0.112. The highest BCUT2D eigenvalue weighted by atomic mass is 16.3. The molecule has 1 aliphatic heterocycles. The van der Waals surface area contributed by atoms with Gasteiger partial charge in [-0.25, -0.2) is 4.68 Å². The van der Waals surface area contributed by atoms with Crippen LogP contribution >= 0.6 is 0 Å². The molecule has 0 aliphatic carbocycles. The fourth-order valence-corrected chi connectivity index (χ4v) is 3.61. The average molecular weight is 358 g/mol. The molecule has 0 spiro atoms. The summed E-state index contributed by atoms with van der Waals surface area (Å²) in [6.07, 6.45) is 5.53. The molecule has 6 heteroatoms. The van der Waals surface area contributed by atoms with E-state index in [1.54, 1.807) is 17.0 Å². The number of rotatable bonds is 3. The van der Waals surface area contributed by atoms with Crippen molar-refractivity contribution in [1.29, 1.82) is 0 Å². The van der Waals surface area contributed by atoms with Crippen molar-refractivity contribution in [3.63, 3.8) is 0 Å². The zero-order chi connectivity index (χ0) is 18.4. The molecule has 4 heterocycles. The molecule has 0 bridgehead atoms. The second-order valence-corrected chi connectivity index (χ2v) is 6.68. The quantitative estimate of drug-likeness (QED) is 0.561. The number of carbonyl (C=O) groups is 1. The number of hydrogen-bond donors (Lipinski definition) is 0. The van der Waals surface area contributed by atoms with Gasteiger partial charge in [0, 0.05) is 18.0 Å². The summed E-state index contributed by atoms with van der Waals surface area (Å²) in [5.41, 5.74) is 4.17. The number of aryl methyl sites for hydroxylation is 1. The van der Waals surface area contributed by atoms with E-state index in [0.29, 0.717) is 18.8 Å². The van der Waals surface area contributed by atoms with E-state index in [-0.39, 0.29) is 5.91 Å². The highest BCUT2D eigenvalue weighted by Gasteiger charge is 2.32. The monoisotopic (exact) mass is 358 g/mol. The van der Waals surface area contributed by atoms with Crippen LogP contribution in [-0.4, -0.2) is 25.2 Å². The summed E-state index contributed by atoms with van der Waals surface area (Å²) >= 11 is 0. The van der Waals surface area contributed by atoms with Crippen molar-refractivity contribution in [2.45, 2.75) is 20.0 Å². The van der Waals surface area contributed by atoms with E-state index in [1.807, 2.05) is 41.3 Å².